The monoisotopic (exact) mass is 249 g/mol. The minimum atomic E-state index is 0.738. The fourth-order valence-corrected chi connectivity index (χ4v) is 2.17. The molecule has 2 N–H and O–H groups in total. The molecule has 1 aromatic carbocycles. The molecular weight excluding hydrogens is 234 g/mol. The predicted octanol–water partition coefficient (Wildman–Crippen LogP) is 2.37. The fourth-order valence-electron chi connectivity index (χ4n) is 1.53. The van der Waals surface area contributed by atoms with E-state index >= 15 is 0 Å². The van der Waals surface area contributed by atoms with Gasteiger partial charge < -0.3 is 15.4 Å². The Morgan fingerprint density at radius 2 is 2.06 bits per heavy atom. The van der Waals surface area contributed by atoms with E-state index in [0.717, 1.165) is 22.4 Å². The van der Waals surface area contributed by atoms with Crippen LogP contribution >= 0.6 is 11.3 Å². The Morgan fingerprint density at radius 1 is 1.35 bits per heavy atom. The summed E-state index contributed by atoms with van der Waals surface area (Å²) in [6.07, 6.45) is 1.69. The molecule has 4 nitrogen and oxygen atoms in total. The smallest absolute Gasteiger partial charge is 0.187 e. The first kappa shape index (κ1) is 11.7. The Balaban J connectivity index is 2.04. The van der Waals surface area contributed by atoms with Crippen molar-refractivity contribution in [1.82, 2.24) is 4.98 Å². The second-order valence-corrected chi connectivity index (χ2v) is 4.79. The van der Waals surface area contributed by atoms with Gasteiger partial charge >= 0.3 is 0 Å². The van der Waals surface area contributed by atoms with E-state index in [-0.39, 0.29) is 0 Å². The molecule has 0 unspecified atom stereocenters. The van der Waals surface area contributed by atoms with Crippen LogP contribution in [0, 0.1) is 0 Å². The number of nitrogens with two attached hydrogens (primary N) is 1. The summed E-state index contributed by atoms with van der Waals surface area (Å²) in [4.78, 5) is 6.31. The van der Waals surface area contributed by atoms with Gasteiger partial charge in [-0.2, -0.15) is 0 Å². The van der Waals surface area contributed by atoms with Gasteiger partial charge in [0.15, 0.2) is 5.13 Å². The van der Waals surface area contributed by atoms with Gasteiger partial charge in [-0.3, -0.25) is 0 Å². The number of nitrogen functional groups attached to an aromatic ring is 1. The third-order valence-electron chi connectivity index (χ3n) is 2.42. The first-order chi connectivity index (χ1) is 8.19. The topological polar surface area (TPSA) is 51.4 Å². The molecule has 0 spiro atoms. The summed E-state index contributed by atoms with van der Waals surface area (Å²) in [6.45, 7) is 0.803. The lowest BCUT2D eigenvalue weighted by atomic mass is 10.2. The van der Waals surface area contributed by atoms with Gasteiger partial charge in [-0.1, -0.05) is 23.5 Å². The molecule has 90 valence electrons. The molecule has 2 aromatic rings. The number of ether oxygens (including phenoxy) is 1. The highest BCUT2D eigenvalue weighted by molar-refractivity contribution is 7.19. The van der Waals surface area contributed by atoms with Crippen molar-refractivity contribution in [3.05, 3.63) is 36.0 Å². The molecule has 0 amide bonds. The average molecular weight is 249 g/mol. The minimum Gasteiger partial charge on any atom is -0.497 e. The number of rotatable bonds is 4. The summed E-state index contributed by atoms with van der Waals surface area (Å²) in [5.74, 6) is 0.870. The molecule has 0 atom stereocenters. The van der Waals surface area contributed by atoms with E-state index in [9.17, 15) is 0 Å². The first-order valence-electron chi connectivity index (χ1n) is 5.24. The lowest BCUT2D eigenvalue weighted by Gasteiger charge is -2.15. The lowest BCUT2D eigenvalue weighted by molar-refractivity contribution is 0.414. The van der Waals surface area contributed by atoms with Crippen molar-refractivity contribution < 1.29 is 4.74 Å². The Kier molecular flexibility index (Phi) is 3.49. The minimum absolute atomic E-state index is 0.738. The zero-order valence-corrected chi connectivity index (χ0v) is 10.7. The molecule has 0 aliphatic heterocycles. The molecule has 17 heavy (non-hydrogen) atoms. The summed E-state index contributed by atoms with van der Waals surface area (Å²) < 4.78 is 5.12. The third-order valence-corrected chi connectivity index (χ3v) is 3.36. The molecular formula is C12H15N3OS. The normalized spacial score (nSPS) is 10.2. The number of aromatic nitrogens is 1. The van der Waals surface area contributed by atoms with Gasteiger partial charge in [0.2, 0.25) is 0 Å². The maximum Gasteiger partial charge on any atom is 0.187 e. The quantitative estimate of drug-likeness (QED) is 0.903. The number of hydrogen-bond acceptors (Lipinski definition) is 5. The molecule has 0 bridgehead atoms. The number of nitrogens with zero attached hydrogens (tertiary/aromatic N) is 2. The van der Waals surface area contributed by atoms with Gasteiger partial charge in [0.25, 0.3) is 0 Å². The van der Waals surface area contributed by atoms with Crippen molar-refractivity contribution in [2.75, 3.05) is 24.8 Å². The number of methoxy groups -OCH3 is 1. The van der Waals surface area contributed by atoms with Crippen molar-refractivity contribution in [3.8, 4) is 5.75 Å². The number of thiazole rings is 1. The summed E-state index contributed by atoms with van der Waals surface area (Å²) in [5.41, 5.74) is 6.87. The highest BCUT2D eigenvalue weighted by atomic mass is 32.1. The third kappa shape index (κ3) is 2.88. The Hall–Kier alpha value is -1.75. The second kappa shape index (κ2) is 5.05. The maximum atomic E-state index is 5.66. The van der Waals surface area contributed by atoms with Crippen molar-refractivity contribution in [2.24, 2.45) is 0 Å². The second-order valence-electron chi connectivity index (χ2n) is 3.75. The zero-order valence-electron chi connectivity index (χ0n) is 9.88. The molecule has 0 fully saturated rings. The summed E-state index contributed by atoms with van der Waals surface area (Å²) in [7, 11) is 3.67. The highest BCUT2D eigenvalue weighted by Gasteiger charge is 2.06. The van der Waals surface area contributed by atoms with E-state index in [1.807, 2.05) is 31.3 Å². The highest BCUT2D eigenvalue weighted by Crippen LogP contribution is 2.24. The van der Waals surface area contributed by atoms with E-state index in [1.54, 1.807) is 13.3 Å². The number of anilines is 2. The van der Waals surface area contributed by atoms with Crippen LogP contribution in [-0.4, -0.2) is 19.1 Å². The van der Waals surface area contributed by atoms with Crippen LogP contribution in [0.15, 0.2) is 30.5 Å². The SMILES string of the molecule is COc1ccc(CN(C)c2ncc(N)s2)cc1. The fraction of sp³-hybridized carbons (Fsp3) is 0.250. The molecule has 0 saturated heterocycles. The molecule has 2 rings (SSSR count). The van der Waals surface area contributed by atoms with Gasteiger partial charge in [0.05, 0.1) is 13.3 Å². The van der Waals surface area contributed by atoms with Crippen LogP contribution in [0.1, 0.15) is 5.56 Å². The average Bonchev–Trinajstić information content (AvgIpc) is 2.77. The van der Waals surface area contributed by atoms with Crippen LogP contribution in [0.5, 0.6) is 5.75 Å². The molecule has 0 radical (unpaired) electrons. The first-order valence-corrected chi connectivity index (χ1v) is 6.06. The standard InChI is InChI=1S/C12H15N3OS/c1-15(12-14-7-11(13)17-12)8-9-3-5-10(16-2)6-4-9/h3-7H,8,13H2,1-2H3. The Labute approximate surface area is 105 Å². The Bertz CT molecular complexity index is 481. The van der Waals surface area contributed by atoms with Crippen molar-refractivity contribution in [2.45, 2.75) is 6.54 Å². The molecule has 0 aliphatic carbocycles. The van der Waals surface area contributed by atoms with Crippen molar-refractivity contribution >= 4 is 21.5 Å². The maximum absolute atomic E-state index is 5.66. The Morgan fingerprint density at radius 3 is 2.59 bits per heavy atom. The molecule has 1 heterocycles. The lowest BCUT2D eigenvalue weighted by Crippen LogP contribution is -2.15. The largest absolute Gasteiger partial charge is 0.497 e. The summed E-state index contributed by atoms with van der Waals surface area (Å²) >= 11 is 1.49. The molecule has 0 saturated carbocycles. The van der Waals surface area contributed by atoms with E-state index in [4.69, 9.17) is 10.5 Å². The van der Waals surface area contributed by atoms with E-state index < -0.39 is 0 Å². The predicted molar refractivity (Wildman–Crippen MR) is 71.6 cm³/mol. The van der Waals surface area contributed by atoms with Gasteiger partial charge in [-0.15, -0.1) is 0 Å². The van der Waals surface area contributed by atoms with Gasteiger partial charge in [-0.25, -0.2) is 4.98 Å². The van der Waals surface area contributed by atoms with Crippen molar-refractivity contribution in [3.63, 3.8) is 0 Å². The van der Waals surface area contributed by atoms with Crippen LogP contribution in [0.2, 0.25) is 0 Å². The van der Waals surface area contributed by atoms with E-state index in [0.29, 0.717) is 0 Å². The molecule has 5 heteroatoms. The van der Waals surface area contributed by atoms with Gasteiger partial charge in [-0.05, 0) is 17.7 Å². The van der Waals surface area contributed by atoms with Crippen LogP contribution in [0.25, 0.3) is 0 Å². The van der Waals surface area contributed by atoms with Crippen LogP contribution in [0.3, 0.4) is 0 Å². The van der Waals surface area contributed by atoms with Crippen LogP contribution < -0.4 is 15.4 Å². The van der Waals surface area contributed by atoms with E-state index in [2.05, 4.69) is 9.88 Å². The molecule has 1 aromatic heterocycles. The van der Waals surface area contributed by atoms with Gasteiger partial charge in [0, 0.05) is 13.6 Å². The number of hydrogen-bond donors (Lipinski definition) is 1. The van der Waals surface area contributed by atoms with Crippen LogP contribution in [0.4, 0.5) is 10.1 Å². The molecule has 0 aliphatic rings. The van der Waals surface area contributed by atoms with Gasteiger partial charge in [0.1, 0.15) is 10.8 Å². The zero-order chi connectivity index (χ0) is 12.3. The number of benzene rings is 1. The summed E-state index contributed by atoms with van der Waals surface area (Å²) in [5, 5.41) is 1.67. The van der Waals surface area contributed by atoms with Crippen LogP contribution in [-0.2, 0) is 6.54 Å². The van der Waals surface area contributed by atoms with Crippen molar-refractivity contribution in [1.29, 1.82) is 0 Å². The van der Waals surface area contributed by atoms with E-state index in [1.165, 1.54) is 16.9 Å². The summed E-state index contributed by atoms with van der Waals surface area (Å²) in [6, 6.07) is 8.01.